The summed E-state index contributed by atoms with van der Waals surface area (Å²) in [5.41, 5.74) is 10.9. The van der Waals surface area contributed by atoms with Crippen molar-refractivity contribution in [3.05, 3.63) is 136 Å². The van der Waals surface area contributed by atoms with Crippen molar-refractivity contribution in [1.29, 1.82) is 0 Å². The van der Waals surface area contributed by atoms with Gasteiger partial charge in [-0.15, -0.1) is 0 Å². The van der Waals surface area contributed by atoms with Crippen molar-refractivity contribution >= 4 is 0 Å². The van der Waals surface area contributed by atoms with Gasteiger partial charge in [0.05, 0.1) is 5.69 Å². The van der Waals surface area contributed by atoms with Gasteiger partial charge in [0.25, 0.3) is 16.7 Å². The molecule has 7 nitrogen and oxygen atoms in total. The summed E-state index contributed by atoms with van der Waals surface area (Å²) in [6.07, 6.45) is 1.90. The number of nitrogens with zero attached hydrogens (tertiary/aromatic N) is 3. The molecule has 0 unspecified atom stereocenters. The molecule has 57 heavy (non-hydrogen) atoms. The maximum Gasteiger partial charge on any atom is 0.286 e. The first-order valence-corrected chi connectivity index (χ1v) is 20.8. The minimum Gasteiger partial charge on any atom is -0.425 e. The normalized spacial score (nSPS) is 11.2. The Morgan fingerprint density at radius 1 is 0.456 bits per heavy atom. The minimum atomic E-state index is -0.300. The minimum absolute atomic E-state index is 0. The van der Waals surface area contributed by atoms with E-state index in [0.717, 1.165) is 27.1 Å². The molecule has 0 amide bonds. The highest BCUT2D eigenvalue weighted by molar-refractivity contribution is 5.37. The molecule has 7 heteroatoms. The Hall–Kier alpha value is -4.13. The first kappa shape index (κ1) is 52.9. The summed E-state index contributed by atoms with van der Waals surface area (Å²) >= 11 is 0. The molecular weight excluding hydrogens is 707 g/mol. The van der Waals surface area contributed by atoms with Crippen molar-refractivity contribution in [2.24, 2.45) is 0 Å². The van der Waals surface area contributed by atoms with Crippen molar-refractivity contribution in [2.45, 2.75) is 193 Å². The largest absolute Gasteiger partial charge is 0.425 e. The third-order valence-corrected chi connectivity index (χ3v) is 10.4. The third kappa shape index (κ3) is 14.0. The molecule has 0 aliphatic heterocycles. The second kappa shape index (κ2) is 23.3. The highest BCUT2D eigenvalue weighted by Crippen LogP contribution is 2.26. The van der Waals surface area contributed by atoms with E-state index < -0.39 is 0 Å². The molecule has 0 saturated heterocycles. The Kier molecular flexibility index (Phi) is 21.6. The number of rotatable bonds is 8. The smallest absolute Gasteiger partial charge is 0.286 e. The van der Waals surface area contributed by atoms with Crippen molar-refractivity contribution in [1.82, 2.24) is 13.9 Å². The summed E-state index contributed by atoms with van der Waals surface area (Å²) < 4.78 is 4.41. The zero-order valence-electron chi connectivity index (χ0n) is 38.8. The SMILES string of the molecule is C.CC(C)c1ccc(C(C)C)n(O)c1=O.Cc1c(C(C)C)cc(C)n(C(C)C)c1=O.Cc1c(C(C)C)cccc1C(C)C.Cc1c(C(C)C)ccn(C(C)C)c1=O. The zero-order valence-corrected chi connectivity index (χ0v) is 38.8. The summed E-state index contributed by atoms with van der Waals surface area (Å²) in [7, 11) is 0. The highest BCUT2D eigenvalue weighted by atomic mass is 16.5. The molecule has 0 bridgehead atoms. The number of hydrogen-bond donors (Lipinski definition) is 1. The Morgan fingerprint density at radius 3 is 1.26 bits per heavy atom. The van der Waals surface area contributed by atoms with Crippen LogP contribution < -0.4 is 16.7 Å². The summed E-state index contributed by atoms with van der Waals surface area (Å²) in [6, 6.07) is 14.9. The molecular formula is C50H81N3O4. The lowest BCUT2D eigenvalue weighted by molar-refractivity contribution is 0.161. The summed E-state index contributed by atoms with van der Waals surface area (Å²) in [6.45, 7) is 41.5. The van der Waals surface area contributed by atoms with Gasteiger partial charge in [0, 0.05) is 40.7 Å². The Bertz CT molecular complexity index is 1930. The molecule has 0 aliphatic rings. The first-order chi connectivity index (χ1) is 25.8. The van der Waals surface area contributed by atoms with Crippen LogP contribution in [0.15, 0.2) is 63.0 Å². The number of pyridine rings is 3. The van der Waals surface area contributed by atoms with E-state index in [2.05, 4.69) is 92.6 Å². The lowest BCUT2D eigenvalue weighted by Crippen LogP contribution is -2.27. The van der Waals surface area contributed by atoms with E-state index >= 15 is 0 Å². The topological polar surface area (TPSA) is 86.2 Å². The van der Waals surface area contributed by atoms with Crippen molar-refractivity contribution < 1.29 is 5.21 Å². The van der Waals surface area contributed by atoms with Gasteiger partial charge in [-0.05, 0) is 137 Å². The molecule has 0 saturated carbocycles. The Balaban J connectivity index is 0.000000730. The molecule has 320 valence electrons. The Morgan fingerprint density at radius 2 is 0.877 bits per heavy atom. The van der Waals surface area contributed by atoms with Crippen LogP contribution in [0.1, 0.15) is 222 Å². The van der Waals surface area contributed by atoms with Crippen molar-refractivity contribution in [3.8, 4) is 0 Å². The summed E-state index contributed by atoms with van der Waals surface area (Å²) in [5, 5.41) is 9.60. The average Bonchev–Trinajstić information content (AvgIpc) is 3.08. The molecule has 3 aromatic heterocycles. The predicted octanol–water partition coefficient (Wildman–Crippen LogP) is 13.2. The molecule has 0 radical (unpaired) electrons. The van der Waals surface area contributed by atoms with Crippen LogP contribution in [0.3, 0.4) is 0 Å². The molecule has 1 N–H and O–H groups in total. The van der Waals surface area contributed by atoms with E-state index in [9.17, 15) is 19.6 Å². The molecule has 0 aliphatic carbocycles. The summed E-state index contributed by atoms with van der Waals surface area (Å²) in [5.74, 6) is 2.40. The third-order valence-electron chi connectivity index (χ3n) is 10.4. The second-order valence-electron chi connectivity index (χ2n) is 17.7. The fourth-order valence-electron chi connectivity index (χ4n) is 7.17. The van der Waals surface area contributed by atoms with Crippen LogP contribution >= 0.6 is 0 Å². The van der Waals surface area contributed by atoms with Crippen molar-refractivity contribution in [3.63, 3.8) is 0 Å². The van der Waals surface area contributed by atoms with Crippen LogP contribution in [0.25, 0.3) is 0 Å². The van der Waals surface area contributed by atoms with Gasteiger partial charge in [-0.1, -0.05) is 115 Å². The van der Waals surface area contributed by atoms with Crippen LogP contribution in [0.2, 0.25) is 0 Å². The van der Waals surface area contributed by atoms with E-state index in [4.69, 9.17) is 0 Å². The van der Waals surface area contributed by atoms with E-state index in [1.54, 1.807) is 16.7 Å². The van der Waals surface area contributed by atoms with Gasteiger partial charge in [-0.25, -0.2) is 0 Å². The van der Waals surface area contributed by atoms with Gasteiger partial charge in [-0.2, -0.15) is 4.73 Å². The van der Waals surface area contributed by atoms with Gasteiger partial charge < -0.3 is 14.3 Å². The van der Waals surface area contributed by atoms with Crippen LogP contribution in [0.4, 0.5) is 0 Å². The fourth-order valence-corrected chi connectivity index (χ4v) is 7.17. The van der Waals surface area contributed by atoms with Gasteiger partial charge in [0.15, 0.2) is 0 Å². The van der Waals surface area contributed by atoms with Gasteiger partial charge in [0.2, 0.25) is 0 Å². The maximum absolute atomic E-state index is 12.1. The van der Waals surface area contributed by atoms with E-state index in [0.29, 0.717) is 34.9 Å². The number of hydrogen-bond acceptors (Lipinski definition) is 4. The average molecular weight is 788 g/mol. The number of aromatic nitrogens is 3. The quantitative estimate of drug-likeness (QED) is 0.180. The van der Waals surface area contributed by atoms with Crippen LogP contribution in [-0.2, 0) is 0 Å². The highest BCUT2D eigenvalue weighted by Gasteiger charge is 2.15. The second-order valence-corrected chi connectivity index (χ2v) is 17.7. The zero-order chi connectivity index (χ0) is 43.5. The first-order valence-electron chi connectivity index (χ1n) is 20.8. The van der Waals surface area contributed by atoms with Crippen LogP contribution in [-0.4, -0.2) is 19.1 Å². The lowest BCUT2D eigenvalue weighted by Gasteiger charge is -2.18. The molecule has 0 fully saturated rings. The van der Waals surface area contributed by atoms with E-state index in [1.165, 1.54) is 22.3 Å². The number of aryl methyl sites for hydroxylation is 1. The van der Waals surface area contributed by atoms with Crippen LogP contribution in [0.5, 0.6) is 0 Å². The van der Waals surface area contributed by atoms with Crippen LogP contribution in [0, 0.1) is 27.7 Å². The fraction of sp³-hybridized carbons (Fsp3) is 0.580. The summed E-state index contributed by atoms with van der Waals surface area (Å²) in [4.78, 5) is 35.7. The standard InChI is InChI=1S/C13H21NO.C13H20.C12H19NO.C11H17NO2.CH4/c1-8(2)12-7-10(5)14(9(3)4)13(15)11(12)6;1-9(2)12-7-6-8-13(10(3)4)11(12)5;1-8(2)11-6-7-13(9(3)4)12(14)10(11)5;1-7(2)9-5-6-10(8(3)4)12(14)11(9)13;/h7-9H,1-6H3;6-10H,1-5H3;6-9H,1-5H3;5-8,14H,1-4H3;1H4. The lowest BCUT2D eigenvalue weighted by atomic mass is 9.90. The monoisotopic (exact) mass is 788 g/mol. The Labute approximate surface area is 347 Å². The van der Waals surface area contributed by atoms with Gasteiger partial charge in [-0.3, -0.25) is 14.4 Å². The van der Waals surface area contributed by atoms with Gasteiger partial charge >= 0.3 is 0 Å². The molecule has 4 rings (SSSR count). The molecule has 1 aromatic carbocycles. The van der Waals surface area contributed by atoms with Crippen molar-refractivity contribution in [2.75, 3.05) is 0 Å². The molecule has 4 aromatic rings. The molecule has 0 atom stereocenters. The van der Waals surface area contributed by atoms with E-state index in [-0.39, 0.29) is 48.0 Å². The predicted molar refractivity (Wildman–Crippen MR) is 247 cm³/mol. The maximum atomic E-state index is 12.1. The van der Waals surface area contributed by atoms with Gasteiger partial charge in [0.1, 0.15) is 0 Å². The van der Waals surface area contributed by atoms with E-state index in [1.807, 2.05) is 86.9 Å². The molecule has 0 spiro atoms. The number of benzene rings is 1. The molecule has 3 heterocycles.